The van der Waals surface area contributed by atoms with Crippen LogP contribution in [0.15, 0.2) is 30.5 Å². The molecule has 0 aromatic carbocycles. The van der Waals surface area contributed by atoms with E-state index in [0.717, 1.165) is 15.6 Å². The Hall–Kier alpha value is -1.87. The quantitative estimate of drug-likeness (QED) is 0.701. The molecule has 0 saturated heterocycles. The van der Waals surface area contributed by atoms with Gasteiger partial charge < -0.3 is 5.11 Å². The third-order valence-corrected chi connectivity index (χ3v) is 4.00. The minimum absolute atomic E-state index is 0.565. The van der Waals surface area contributed by atoms with Crippen molar-refractivity contribution in [1.29, 1.82) is 0 Å². The Balaban J connectivity index is 2.02. The van der Waals surface area contributed by atoms with Crippen LogP contribution < -0.4 is 0 Å². The van der Waals surface area contributed by atoms with Gasteiger partial charge in [0.05, 0.1) is 14.8 Å². The standard InChI is InChI=1S/C15H12ClN3OS/c1-15(2,20)8-7-10-5-6-12(21-10)14-18-17-13-11(16)4-3-9-19(13)14/h3-6,9,20H,1-2H3. The minimum Gasteiger partial charge on any atom is -0.378 e. The summed E-state index contributed by atoms with van der Waals surface area (Å²) in [5.74, 6) is 6.49. The summed E-state index contributed by atoms with van der Waals surface area (Å²) in [6.07, 6.45) is 1.87. The molecule has 4 nitrogen and oxygen atoms in total. The highest BCUT2D eigenvalue weighted by Gasteiger charge is 2.12. The Morgan fingerprint density at radius 2 is 2.10 bits per heavy atom. The molecule has 0 unspecified atom stereocenters. The fourth-order valence-corrected chi connectivity index (χ4v) is 2.83. The Morgan fingerprint density at radius 1 is 1.29 bits per heavy atom. The topological polar surface area (TPSA) is 50.4 Å². The van der Waals surface area contributed by atoms with Gasteiger partial charge in [0.2, 0.25) is 0 Å². The van der Waals surface area contributed by atoms with Crippen LogP contribution in [-0.2, 0) is 0 Å². The van der Waals surface area contributed by atoms with Crippen LogP contribution in [0, 0.1) is 11.8 Å². The fraction of sp³-hybridized carbons (Fsp3) is 0.200. The zero-order valence-electron chi connectivity index (χ0n) is 11.5. The van der Waals surface area contributed by atoms with E-state index in [0.29, 0.717) is 10.7 Å². The first-order valence-corrected chi connectivity index (χ1v) is 7.48. The van der Waals surface area contributed by atoms with Crippen LogP contribution in [0.3, 0.4) is 0 Å². The van der Waals surface area contributed by atoms with Crippen LogP contribution in [0.5, 0.6) is 0 Å². The predicted octanol–water partition coefficient (Wildman–Crippen LogP) is 3.23. The van der Waals surface area contributed by atoms with E-state index in [2.05, 4.69) is 22.0 Å². The van der Waals surface area contributed by atoms with Crippen molar-refractivity contribution in [3.05, 3.63) is 40.4 Å². The normalized spacial score (nSPS) is 11.4. The van der Waals surface area contributed by atoms with Crippen molar-refractivity contribution in [2.24, 2.45) is 0 Å². The summed E-state index contributed by atoms with van der Waals surface area (Å²) >= 11 is 7.59. The van der Waals surface area contributed by atoms with Crippen LogP contribution in [0.1, 0.15) is 18.7 Å². The molecule has 0 bridgehead atoms. The molecule has 0 aliphatic carbocycles. The first-order valence-electron chi connectivity index (χ1n) is 6.29. The largest absolute Gasteiger partial charge is 0.378 e. The van der Waals surface area contributed by atoms with Gasteiger partial charge in [0.25, 0.3) is 0 Å². The Labute approximate surface area is 131 Å². The molecule has 3 aromatic rings. The molecule has 0 saturated carbocycles. The first kappa shape index (κ1) is 14.1. The maximum Gasteiger partial charge on any atom is 0.179 e. The highest BCUT2D eigenvalue weighted by atomic mass is 35.5. The number of aromatic nitrogens is 3. The molecule has 0 fully saturated rings. The molecule has 6 heteroatoms. The summed E-state index contributed by atoms with van der Waals surface area (Å²) in [6.45, 7) is 3.31. The summed E-state index contributed by atoms with van der Waals surface area (Å²) in [6, 6.07) is 7.48. The van der Waals surface area contributed by atoms with Crippen molar-refractivity contribution in [1.82, 2.24) is 14.6 Å². The van der Waals surface area contributed by atoms with E-state index >= 15 is 0 Å². The van der Waals surface area contributed by atoms with Gasteiger partial charge in [-0.15, -0.1) is 21.5 Å². The predicted molar refractivity (Wildman–Crippen MR) is 84.5 cm³/mol. The highest BCUT2D eigenvalue weighted by Crippen LogP contribution is 2.28. The van der Waals surface area contributed by atoms with Gasteiger partial charge in [-0.2, -0.15) is 0 Å². The van der Waals surface area contributed by atoms with E-state index < -0.39 is 5.60 Å². The van der Waals surface area contributed by atoms with Crippen LogP contribution in [0.4, 0.5) is 0 Å². The van der Waals surface area contributed by atoms with Crippen LogP contribution in [0.25, 0.3) is 16.3 Å². The van der Waals surface area contributed by atoms with Crippen molar-refractivity contribution < 1.29 is 5.11 Å². The molecule has 0 aliphatic heterocycles. The summed E-state index contributed by atoms with van der Waals surface area (Å²) in [5, 5.41) is 18.5. The van der Waals surface area contributed by atoms with E-state index in [-0.39, 0.29) is 0 Å². The molecule has 0 radical (unpaired) electrons. The SMILES string of the molecule is CC(C)(O)C#Cc1ccc(-c2nnc3c(Cl)cccn23)s1. The van der Waals surface area contributed by atoms with Gasteiger partial charge in [0.1, 0.15) is 5.60 Å². The first-order chi connectivity index (χ1) is 9.94. The zero-order chi connectivity index (χ0) is 15.0. The number of halogens is 1. The van der Waals surface area contributed by atoms with Gasteiger partial charge in [0, 0.05) is 6.20 Å². The number of nitrogens with zero attached hydrogens (tertiary/aromatic N) is 3. The van der Waals surface area contributed by atoms with Gasteiger partial charge in [-0.3, -0.25) is 4.40 Å². The average Bonchev–Trinajstić information content (AvgIpc) is 3.02. The molecular formula is C15H12ClN3OS. The number of hydrogen-bond acceptors (Lipinski definition) is 4. The van der Waals surface area contributed by atoms with E-state index in [1.165, 1.54) is 11.3 Å². The number of rotatable bonds is 1. The monoisotopic (exact) mass is 317 g/mol. The zero-order valence-corrected chi connectivity index (χ0v) is 13.0. The van der Waals surface area contributed by atoms with Crippen LogP contribution in [0.2, 0.25) is 5.02 Å². The third kappa shape index (κ3) is 2.93. The lowest BCUT2D eigenvalue weighted by atomic mass is 10.1. The second-order valence-corrected chi connectivity index (χ2v) is 6.54. The number of aliphatic hydroxyl groups is 1. The number of thiophene rings is 1. The summed E-state index contributed by atoms with van der Waals surface area (Å²) in [5.41, 5.74) is -0.370. The van der Waals surface area contributed by atoms with Crippen molar-refractivity contribution in [3.8, 4) is 22.5 Å². The van der Waals surface area contributed by atoms with Crippen LogP contribution in [-0.4, -0.2) is 25.3 Å². The maximum absolute atomic E-state index is 9.63. The number of hydrogen-bond donors (Lipinski definition) is 1. The molecule has 3 aromatic heterocycles. The van der Waals surface area contributed by atoms with Crippen molar-refractivity contribution in [3.63, 3.8) is 0 Å². The van der Waals surface area contributed by atoms with E-state index in [1.54, 1.807) is 19.9 Å². The van der Waals surface area contributed by atoms with Crippen molar-refractivity contribution in [2.75, 3.05) is 0 Å². The lowest BCUT2D eigenvalue weighted by Gasteiger charge is -2.05. The number of fused-ring (bicyclic) bond motifs is 1. The Morgan fingerprint density at radius 3 is 2.86 bits per heavy atom. The second-order valence-electron chi connectivity index (χ2n) is 5.05. The molecule has 3 heterocycles. The number of pyridine rings is 1. The van der Waals surface area contributed by atoms with Gasteiger partial charge in [-0.05, 0) is 38.1 Å². The maximum atomic E-state index is 9.63. The van der Waals surface area contributed by atoms with Gasteiger partial charge in [-0.25, -0.2) is 0 Å². The molecule has 3 rings (SSSR count). The molecule has 21 heavy (non-hydrogen) atoms. The van der Waals surface area contributed by atoms with Crippen molar-refractivity contribution in [2.45, 2.75) is 19.4 Å². The van der Waals surface area contributed by atoms with E-state index in [1.807, 2.05) is 28.8 Å². The molecule has 0 spiro atoms. The van der Waals surface area contributed by atoms with Crippen molar-refractivity contribution >= 4 is 28.6 Å². The second kappa shape index (κ2) is 5.15. The van der Waals surface area contributed by atoms with E-state index in [4.69, 9.17) is 11.6 Å². The molecule has 0 atom stereocenters. The minimum atomic E-state index is -1.00. The molecule has 0 amide bonds. The Bertz CT molecular complexity index is 864. The summed E-state index contributed by atoms with van der Waals surface area (Å²) in [4.78, 5) is 1.82. The lowest BCUT2D eigenvalue weighted by Crippen LogP contribution is -2.14. The average molecular weight is 318 g/mol. The van der Waals surface area contributed by atoms with E-state index in [9.17, 15) is 5.11 Å². The van der Waals surface area contributed by atoms with Crippen LogP contribution >= 0.6 is 22.9 Å². The molecular weight excluding hydrogens is 306 g/mol. The smallest absolute Gasteiger partial charge is 0.179 e. The third-order valence-electron chi connectivity index (χ3n) is 2.71. The lowest BCUT2D eigenvalue weighted by molar-refractivity contribution is 0.143. The summed E-state index contributed by atoms with van der Waals surface area (Å²) in [7, 11) is 0. The fourth-order valence-electron chi connectivity index (χ4n) is 1.79. The Kier molecular flexibility index (Phi) is 3.46. The molecule has 1 N–H and O–H groups in total. The highest BCUT2D eigenvalue weighted by molar-refractivity contribution is 7.15. The van der Waals surface area contributed by atoms with Gasteiger partial charge in [0.15, 0.2) is 11.5 Å². The van der Waals surface area contributed by atoms with Gasteiger partial charge in [-0.1, -0.05) is 23.4 Å². The molecule has 0 aliphatic rings. The summed E-state index contributed by atoms with van der Waals surface area (Å²) < 4.78 is 1.85. The van der Waals surface area contributed by atoms with Gasteiger partial charge >= 0.3 is 0 Å². The molecule has 106 valence electrons.